The van der Waals surface area contributed by atoms with Gasteiger partial charge in [0.05, 0.1) is 0 Å². The fraction of sp³-hybridized carbons (Fsp3) is 0. The predicted octanol–water partition coefficient (Wildman–Crippen LogP) is 14.6. The number of furan rings is 2. The van der Waals surface area contributed by atoms with E-state index in [0.29, 0.717) is 0 Å². The first-order valence-corrected chi connectivity index (χ1v) is 18.0. The molecule has 11 aromatic rings. The number of nitrogens with zero attached hydrogens (tertiary/aromatic N) is 1. The summed E-state index contributed by atoms with van der Waals surface area (Å²) in [4.78, 5) is 2.38. The maximum Gasteiger partial charge on any atom is 0.143 e. The molecule has 0 N–H and O–H groups in total. The highest BCUT2D eigenvalue weighted by molar-refractivity contribution is 6.27. The molecular formula is C50H31NO2. The van der Waals surface area contributed by atoms with Crippen LogP contribution in [0.1, 0.15) is 0 Å². The molecule has 53 heavy (non-hydrogen) atoms. The Morgan fingerprint density at radius 1 is 0.321 bits per heavy atom. The average molecular weight is 678 g/mol. The molecule has 0 aliphatic heterocycles. The van der Waals surface area contributed by atoms with Crippen molar-refractivity contribution in [3.63, 3.8) is 0 Å². The standard InChI is InChI=1S/C50H31NO2/c1-2-11-32(12-3-1)34-21-24-37(25-22-34)51(38-26-23-33-13-4-5-15-36(33)29-38)39-30-43(41-19-10-16-35-14-6-7-17-40(35)41)50-44(31-39)49-47(53-50)28-27-46-48(49)42-18-8-9-20-45(42)52-46/h1-31H. The minimum Gasteiger partial charge on any atom is -0.456 e. The normalized spacial score (nSPS) is 11.8. The van der Waals surface area contributed by atoms with Crippen LogP contribution in [0, 0.1) is 0 Å². The van der Waals surface area contributed by atoms with Crippen molar-refractivity contribution in [1.29, 1.82) is 0 Å². The van der Waals surface area contributed by atoms with Crippen LogP contribution in [0.3, 0.4) is 0 Å². The lowest BCUT2D eigenvalue weighted by Crippen LogP contribution is -2.10. The third kappa shape index (κ3) is 4.75. The van der Waals surface area contributed by atoms with Crippen molar-refractivity contribution in [2.24, 2.45) is 0 Å². The summed E-state index contributed by atoms with van der Waals surface area (Å²) in [6, 6.07) is 66.8. The molecule has 0 unspecified atom stereocenters. The van der Waals surface area contributed by atoms with Gasteiger partial charge in [-0.05, 0) is 92.8 Å². The highest BCUT2D eigenvalue weighted by Crippen LogP contribution is 2.47. The van der Waals surface area contributed by atoms with Gasteiger partial charge < -0.3 is 13.7 Å². The number of fused-ring (bicyclic) bond motifs is 9. The molecule has 9 aromatic carbocycles. The summed E-state index contributed by atoms with van der Waals surface area (Å²) in [5, 5.41) is 9.01. The van der Waals surface area contributed by atoms with Gasteiger partial charge in [0.15, 0.2) is 0 Å². The molecule has 0 radical (unpaired) electrons. The summed E-state index contributed by atoms with van der Waals surface area (Å²) in [7, 11) is 0. The van der Waals surface area contributed by atoms with Gasteiger partial charge in [0.2, 0.25) is 0 Å². The molecule has 2 heterocycles. The third-order valence-corrected chi connectivity index (χ3v) is 10.6. The fourth-order valence-corrected chi connectivity index (χ4v) is 8.16. The molecule has 0 fully saturated rings. The lowest BCUT2D eigenvalue weighted by Gasteiger charge is -2.27. The second kappa shape index (κ2) is 11.7. The summed E-state index contributed by atoms with van der Waals surface area (Å²) >= 11 is 0. The van der Waals surface area contributed by atoms with Gasteiger partial charge in [-0.3, -0.25) is 0 Å². The van der Waals surface area contributed by atoms with Gasteiger partial charge in [0.1, 0.15) is 22.3 Å². The Bertz CT molecular complexity index is 3160. The lowest BCUT2D eigenvalue weighted by atomic mass is 9.95. The molecule has 0 aliphatic carbocycles. The second-order valence-electron chi connectivity index (χ2n) is 13.7. The Balaban J connectivity index is 1.24. The quantitative estimate of drug-likeness (QED) is 0.182. The smallest absolute Gasteiger partial charge is 0.143 e. The van der Waals surface area contributed by atoms with Crippen LogP contribution in [0.25, 0.3) is 87.7 Å². The summed E-state index contributed by atoms with van der Waals surface area (Å²) < 4.78 is 13.3. The molecule has 0 atom stereocenters. The van der Waals surface area contributed by atoms with Crippen molar-refractivity contribution in [3.05, 3.63) is 188 Å². The van der Waals surface area contributed by atoms with Crippen molar-refractivity contribution in [3.8, 4) is 22.3 Å². The first-order chi connectivity index (χ1) is 26.3. The molecule has 11 rings (SSSR count). The van der Waals surface area contributed by atoms with E-state index in [0.717, 1.165) is 72.1 Å². The van der Waals surface area contributed by atoms with Crippen LogP contribution in [0.4, 0.5) is 17.1 Å². The zero-order valence-corrected chi connectivity index (χ0v) is 28.7. The molecule has 0 bridgehead atoms. The molecular weight excluding hydrogens is 647 g/mol. The van der Waals surface area contributed by atoms with Crippen molar-refractivity contribution in [2.45, 2.75) is 0 Å². The third-order valence-electron chi connectivity index (χ3n) is 10.6. The second-order valence-corrected chi connectivity index (χ2v) is 13.7. The van der Waals surface area contributed by atoms with Crippen LogP contribution >= 0.6 is 0 Å². The van der Waals surface area contributed by atoms with Crippen molar-refractivity contribution in [2.75, 3.05) is 4.90 Å². The van der Waals surface area contributed by atoms with Crippen molar-refractivity contribution in [1.82, 2.24) is 0 Å². The number of hydrogen-bond acceptors (Lipinski definition) is 3. The number of benzene rings is 9. The lowest BCUT2D eigenvalue weighted by molar-refractivity contribution is 0.663. The Kier molecular flexibility index (Phi) is 6.55. The summed E-state index contributed by atoms with van der Waals surface area (Å²) in [5.74, 6) is 0. The Morgan fingerprint density at radius 3 is 1.81 bits per heavy atom. The number of anilines is 3. The van der Waals surface area contributed by atoms with Gasteiger partial charge in [-0.2, -0.15) is 0 Å². The van der Waals surface area contributed by atoms with Crippen LogP contribution in [0.15, 0.2) is 197 Å². The molecule has 248 valence electrons. The zero-order valence-electron chi connectivity index (χ0n) is 28.7. The largest absolute Gasteiger partial charge is 0.456 e. The van der Waals surface area contributed by atoms with Gasteiger partial charge in [-0.25, -0.2) is 0 Å². The number of hydrogen-bond donors (Lipinski definition) is 0. The van der Waals surface area contributed by atoms with E-state index in [1.165, 1.54) is 32.7 Å². The molecule has 3 nitrogen and oxygen atoms in total. The van der Waals surface area contributed by atoms with Crippen LogP contribution in [0.2, 0.25) is 0 Å². The van der Waals surface area contributed by atoms with E-state index in [1.807, 2.05) is 18.2 Å². The molecule has 0 saturated carbocycles. The highest BCUT2D eigenvalue weighted by Gasteiger charge is 2.23. The number of rotatable bonds is 5. The maximum atomic E-state index is 6.92. The van der Waals surface area contributed by atoms with Crippen LogP contribution < -0.4 is 4.90 Å². The fourth-order valence-electron chi connectivity index (χ4n) is 8.16. The van der Waals surface area contributed by atoms with Crippen LogP contribution in [-0.4, -0.2) is 0 Å². The van der Waals surface area contributed by atoms with E-state index >= 15 is 0 Å². The van der Waals surface area contributed by atoms with Gasteiger partial charge in [-0.1, -0.05) is 133 Å². The molecule has 0 aliphatic rings. The van der Waals surface area contributed by atoms with E-state index in [1.54, 1.807) is 0 Å². The van der Waals surface area contributed by atoms with Gasteiger partial charge in [0.25, 0.3) is 0 Å². The summed E-state index contributed by atoms with van der Waals surface area (Å²) in [5.41, 5.74) is 11.1. The minimum absolute atomic E-state index is 0.835. The minimum atomic E-state index is 0.835. The molecule has 2 aromatic heterocycles. The van der Waals surface area contributed by atoms with E-state index in [-0.39, 0.29) is 0 Å². The van der Waals surface area contributed by atoms with Crippen LogP contribution in [0.5, 0.6) is 0 Å². The van der Waals surface area contributed by atoms with E-state index in [2.05, 4.69) is 175 Å². The van der Waals surface area contributed by atoms with E-state index in [4.69, 9.17) is 8.83 Å². The van der Waals surface area contributed by atoms with E-state index in [9.17, 15) is 0 Å². The summed E-state index contributed by atoms with van der Waals surface area (Å²) in [6.07, 6.45) is 0. The zero-order chi connectivity index (χ0) is 34.9. The van der Waals surface area contributed by atoms with E-state index < -0.39 is 0 Å². The highest BCUT2D eigenvalue weighted by atomic mass is 16.3. The van der Waals surface area contributed by atoms with Gasteiger partial charge >= 0.3 is 0 Å². The topological polar surface area (TPSA) is 29.5 Å². The number of para-hydroxylation sites is 1. The molecule has 0 spiro atoms. The van der Waals surface area contributed by atoms with Crippen molar-refractivity contribution >= 4 is 82.5 Å². The molecule has 0 amide bonds. The first-order valence-electron chi connectivity index (χ1n) is 18.0. The van der Waals surface area contributed by atoms with Crippen molar-refractivity contribution < 1.29 is 8.83 Å². The summed E-state index contributed by atoms with van der Waals surface area (Å²) in [6.45, 7) is 0. The van der Waals surface area contributed by atoms with Gasteiger partial charge in [-0.15, -0.1) is 0 Å². The van der Waals surface area contributed by atoms with Gasteiger partial charge in [0, 0.05) is 44.2 Å². The monoisotopic (exact) mass is 677 g/mol. The average Bonchev–Trinajstić information content (AvgIpc) is 3.79. The predicted molar refractivity (Wildman–Crippen MR) is 222 cm³/mol. The Labute approximate surface area is 305 Å². The Morgan fingerprint density at radius 2 is 0.962 bits per heavy atom. The molecule has 3 heteroatoms. The Hall–Kier alpha value is -7.10. The first kappa shape index (κ1) is 29.6. The maximum absolute atomic E-state index is 6.92. The van der Waals surface area contributed by atoms with Crippen LogP contribution in [-0.2, 0) is 0 Å². The SMILES string of the molecule is c1ccc(-c2ccc(N(c3ccc4ccccc4c3)c3cc(-c4cccc5ccccc45)c4oc5ccc6oc7ccccc7c6c5c4c3)cc2)cc1. The molecule has 0 saturated heterocycles.